The van der Waals surface area contributed by atoms with E-state index in [1.165, 1.54) is 4.88 Å². The second kappa shape index (κ2) is 5.76. The van der Waals surface area contributed by atoms with E-state index in [1.54, 1.807) is 11.3 Å². The summed E-state index contributed by atoms with van der Waals surface area (Å²) in [4.78, 5) is 16.4. The molecule has 1 atom stereocenters. The lowest BCUT2D eigenvalue weighted by atomic mass is 10.2. The van der Waals surface area contributed by atoms with Gasteiger partial charge in [-0.3, -0.25) is 9.69 Å². The van der Waals surface area contributed by atoms with Gasteiger partial charge in [-0.05, 0) is 25.5 Å². The fraction of sp³-hybridized carbons (Fsp3) is 0.615. The number of morpholine rings is 1. The molecule has 3 nitrogen and oxygen atoms in total. The summed E-state index contributed by atoms with van der Waals surface area (Å²) in [5.74, 6) is 0.240. The third-order valence-electron chi connectivity index (χ3n) is 2.98. The molecule has 2 rings (SSSR count). The molecule has 1 saturated heterocycles. The van der Waals surface area contributed by atoms with Gasteiger partial charge in [0.05, 0.1) is 24.1 Å². The van der Waals surface area contributed by atoms with Crippen LogP contribution in [-0.2, 0) is 11.2 Å². The van der Waals surface area contributed by atoms with E-state index >= 15 is 0 Å². The van der Waals surface area contributed by atoms with Crippen LogP contribution >= 0.6 is 11.3 Å². The van der Waals surface area contributed by atoms with E-state index in [1.807, 2.05) is 6.07 Å². The number of ether oxygens (including phenoxy) is 1. The third kappa shape index (κ3) is 3.37. The molecule has 1 aromatic rings. The van der Waals surface area contributed by atoms with Crippen LogP contribution in [0.5, 0.6) is 0 Å². The fourth-order valence-corrected chi connectivity index (χ4v) is 2.91. The Labute approximate surface area is 106 Å². The molecule has 4 heteroatoms. The summed E-state index contributed by atoms with van der Waals surface area (Å²) in [6.45, 7) is 7.15. The minimum Gasteiger partial charge on any atom is -0.376 e. The maximum Gasteiger partial charge on any atom is 0.186 e. The molecular weight excluding hydrogens is 234 g/mol. The van der Waals surface area contributed by atoms with E-state index in [2.05, 4.69) is 24.8 Å². The molecular formula is C13H19NO2S. The zero-order valence-electron chi connectivity index (χ0n) is 10.4. The molecule has 1 fully saturated rings. The normalized spacial score (nSPS) is 21.6. The molecule has 0 aromatic carbocycles. The molecule has 1 aromatic heterocycles. The van der Waals surface area contributed by atoms with Gasteiger partial charge in [-0.25, -0.2) is 0 Å². The highest BCUT2D eigenvalue weighted by Gasteiger charge is 2.20. The number of nitrogens with zero attached hydrogens (tertiary/aromatic N) is 1. The summed E-state index contributed by atoms with van der Waals surface area (Å²) in [5.41, 5.74) is 0. The first-order chi connectivity index (χ1) is 8.19. The first-order valence-electron chi connectivity index (χ1n) is 6.15. The largest absolute Gasteiger partial charge is 0.376 e. The lowest BCUT2D eigenvalue weighted by Crippen LogP contribution is -2.43. The number of carbonyl (C=O) groups is 1. The Morgan fingerprint density at radius 2 is 2.41 bits per heavy atom. The molecule has 94 valence electrons. The van der Waals surface area contributed by atoms with Crippen LogP contribution < -0.4 is 0 Å². The molecule has 1 aliphatic heterocycles. The highest BCUT2D eigenvalue weighted by atomic mass is 32.1. The maximum atomic E-state index is 12.1. The van der Waals surface area contributed by atoms with Crippen LogP contribution in [0.25, 0.3) is 0 Å². The number of aryl methyl sites for hydroxylation is 1. The molecule has 0 bridgehead atoms. The van der Waals surface area contributed by atoms with Crippen molar-refractivity contribution in [3.8, 4) is 0 Å². The van der Waals surface area contributed by atoms with Gasteiger partial charge in [-0.2, -0.15) is 0 Å². The van der Waals surface area contributed by atoms with Gasteiger partial charge in [0.15, 0.2) is 5.78 Å². The molecule has 0 amide bonds. The molecule has 0 aliphatic carbocycles. The second-order valence-electron chi connectivity index (χ2n) is 4.46. The summed E-state index contributed by atoms with van der Waals surface area (Å²) in [7, 11) is 0. The Hall–Kier alpha value is -0.710. The maximum absolute atomic E-state index is 12.1. The summed E-state index contributed by atoms with van der Waals surface area (Å²) < 4.78 is 5.47. The van der Waals surface area contributed by atoms with E-state index in [0.717, 1.165) is 31.0 Å². The van der Waals surface area contributed by atoms with Crippen molar-refractivity contribution in [3.05, 3.63) is 21.9 Å². The van der Waals surface area contributed by atoms with Crippen molar-refractivity contribution >= 4 is 17.1 Å². The average molecular weight is 253 g/mol. The van der Waals surface area contributed by atoms with Crippen molar-refractivity contribution < 1.29 is 9.53 Å². The number of ketones is 1. The van der Waals surface area contributed by atoms with Crippen molar-refractivity contribution in [2.24, 2.45) is 0 Å². The van der Waals surface area contributed by atoms with Gasteiger partial charge in [0.25, 0.3) is 0 Å². The number of thiophene rings is 1. The lowest BCUT2D eigenvalue weighted by Gasteiger charge is -2.30. The molecule has 17 heavy (non-hydrogen) atoms. The zero-order chi connectivity index (χ0) is 12.3. The Balaban J connectivity index is 1.92. The van der Waals surface area contributed by atoms with Crippen LogP contribution in [0.3, 0.4) is 0 Å². The quantitative estimate of drug-likeness (QED) is 0.771. The summed E-state index contributed by atoms with van der Waals surface area (Å²) in [5, 5.41) is 0. The number of rotatable bonds is 4. The van der Waals surface area contributed by atoms with Gasteiger partial charge >= 0.3 is 0 Å². The monoisotopic (exact) mass is 253 g/mol. The highest BCUT2D eigenvalue weighted by molar-refractivity contribution is 7.14. The molecule has 0 spiro atoms. The Kier molecular flexibility index (Phi) is 4.31. The van der Waals surface area contributed by atoms with Crippen LogP contribution in [0.1, 0.15) is 28.4 Å². The first kappa shape index (κ1) is 12.7. The molecule has 1 unspecified atom stereocenters. The molecule has 0 N–H and O–H groups in total. The zero-order valence-corrected chi connectivity index (χ0v) is 11.3. The van der Waals surface area contributed by atoms with Crippen LogP contribution in [0.2, 0.25) is 0 Å². The van der Waals surface area contributed by atoms with E-state index in [9.17, 15) is 4.79 Å². The van der Waals surface area contributed by atoms with Gasteiger partial charge in [-0.15, -0.1) is 11.3 Å². The Morgan fingerprint density at radius 3 is 3.06 bits per heavy atom. The Bertz CT molecular complexity index is 389. The number of hydrogen-bond acceptors (Lipinski definition) is 4. The highest BCUT2D eigenvalue weighted by Crippen LogP contribution is 2.18. The number of carbonyl (C=O) groups excluding carboxylic acids is 1. The van der Waals surface area contributed by atoms with Gasteiger partial charge in [0, 0.05) is 18.0 Å². The van der Waals surface area contributed by atoms with Crippen LogP contribution in [0.15, 0.2) is 12.1 Å². The topological polar surface area (TPSA) is 29.5 Å². The standard InChI is InChI=1S/C13H19NO2S/c1-3-11-4-5-13(17-11)12(15)9-14-6-7-16-10(2)8-14/h4-5,10H,3,6-9H2,1-2H3. The minimum absolute atomic E-state index is 0.240. The predicted octanol–water partition coefficient (Wildman–Crippen LogP) is 2.21. The smallest absolute Gasteiger partial charge is 0.186 e. The van der Waals surface area contributed by atoms with Crippen molar-refractivity contribution in [2.45, 2.75) is 26.4 Å². The predicted molar refractivity (Wildman–Crippen MR) is 69.9 cm³/mol. The third-order valence-corrected chi connectivity index (χ3v) is 4.25. The van der Waals surface area contributed by atoms with E-state index in [0.29, 0.717) is 6.54 Å². The minimum atomic E-state index is 0.240. The fourth-order valence-electron chi connectivity index (χ4n) is 2.03. The number of hydrogen-bond donors (Lipinski definition) is 0. The van der Waals surface area contributed by atoms with Crippen LogP contribution in [-0.4, -0.2) is 43.0 Å². The van der Waals surface area contributed by atoms with Gasteiger partial charge in [-0.1, -0.05) is 6.92 Å². The van der Waals surface area contributed by atoms with Crippen LogP contribution in [0, 0.1) is 0 Å². The second-order valence-corrected chi connectivity index (χ2v) is 5.63. The lowest BCUT2D eigenvalue weighted by molar-refractivity contribution is -0.0158. The van der Waals surface area contributed by atoms with E-state index < -0.39 is 0 Å². The van der Waals surface area contributed by atoms with Crippen molar-refractivity contribution in [1.29, 1.82) is 0 Å². The molecule has 1 aliphatic rings. The van der Waals surface area contributed by atoms with E-state index in [-0.39, 0.29) is 11.9 Å². The molecule has 0 saturated carbocycles. The summed E-state index contributed by atoms with van der Waals surface area (Å²) in [6.07, 6.45) is 1.25. The first-order valence-corrected chi connectivity index (χ1v) is 6.96. The Morgan fingerprint density at radius 1 is 1.59 bits per heavy atom. The van der Waals surface area contributed by atoms with Crippen molar-refractivity contribution in [3.63, 3.8) is 0 Å². The van der Waals surface area contributed by atoms with Crippen molar-refractivity contribution in [2.75, 3.05) is 26.2 Å². The van der Waals surface area contributed by atoms with Crippen molar-refractivity contribution in [1.82, 2.24) is 4.90 Å². The summed E-state index contributed by atoms with van der Waals surface area (Å²) in [6, 6.07) is 4.01. The number of Topliss-reactive ketones (excluding diaryl/α,β-unsaturated/α-hetero) is 1. The SMILES string of the molecule is CCc1ccc(C(=O)CN2CCOC(C)C2)s1. The molecule has 2 heterocycles. The molecule has 0 radical (unpaired) electrons. The van der Waals surface area contributed by atoms with Crippen LogP contribution in [0.4, 0.5) is 0 Å². The van der Waals surface area contributed by atoms with E-state index in [4.69, 9.17) is 4.74 Å². The average Bonchev–Trinajstić information content (AvgIpc) is 2.77. The van der Waals surface area contributed by atoms with Gasteiger partial charge in [0.2, 0.25) is 0 Å². The van der Waals surface area contributed by atoms with Gasteiger partial charge in [0.1, 0.15) is 0 Å². The summed E-state index contributed by atoms with van der Waals surface area (Å²) >= 11 is 1.62. The van der Waals surface area contributed by atoms with Gasteiger partial charge < -0.3 is 4.74 Å².